The minimum Gasteiger partial charge on any atom is -0.454 e. The fraction of sp³-hybridized carbons (Fsp3) is 0.357. The van der Waals surface area contributed by atoms with Gasteiger partial charge < -0.3 is 14.0 Å². The van der Waals surface area contributed by atoms with Crippen LogP contribution >= 0.6 is 0 Å². The van der Waals surface area contributed by atoms with Gasteiger partial charge in [-0.15, -0.1) is 10.2 Å². The first-order chi connectivity index (χ1) is 10.1. The molecule has 0 atom stereocenters. The summed E-state index contributed by atoms with van der Waals surface area (Å²) in [7, 11) is 0. The predicted molar refractivity (Wildman–Crippen MR) is 69.9 cm³/mol. The Bertz CT molecular complexity index is 684. The van der Waals surface area contributed by atoms with E-state index in [-0.39, 0.29) is 12.2 Å². The summed E-state index contributed by atoms with van der Waals surface area (Å²) in [5.74, 6) is 0.266. The van der Waals surface area contributed by atoms with Crippen molar-refractivity contribution in [3.05, 3.63) is 46.8 Å². The lowest BCUT2D eigenvalue weighted by atomic mass is 10.1. The number of hydrogen-bond donors (Lipinski definition) is 0. The van der Waals surface area contributed by atoms with Gasteiger partial charge in [-0.3, -0.25) is 0 Å². The number of esters is 1. The molecule has 1 aliphatic rings. The van der Waals surface area contributed by atoms with Gasteiger partial charge >= 0.3 is 5.97 Å². The van der Waals surface area contributed by atoms with Crippen LogP contribution in [0.15, 0.2) is 18.2 Å². The standard InChI is InChI=1S/C14H14FN3O3/c1-9-2-3-10(6-11(9)15)14(19)21-8-13-17-16-12-7-20-5-4-18(12)13/h2-3,6H,4-5,7-8H2,1H3. The number of halogens is 1. The summed E-state index contributed by atoms with van der Waals surface area (Å²) in [4.78, 5) is 11.9. The molecule has 0 saturated carbocycles. The third-order valence-electron chi connectivity index (χ3n) is 3.33. The van der Waals surface area contributed by atoms with Gasteiger partial charge in [0.15, 0.2) is 18.3 Å². The minimum absolute atomic E-state index is 0.00132. The van der Waals surface area contributed by atoms with Gasteiger partial charge in [0.2, 0.25) is 0 Å². The van der Waals surface area contributed by atoms with Crippen LogP contribution in [0, 0.1) is 12.7 Å². The lowest BCUT2D eigenvalue weighted by Gasteiger charge is -2.15. The molecule has 0 aliphatic carbocycles. The number of hydrogen-bond acceptors (Lipinski definition) is 5. The van der Waals surface area contributed by atoms with Gasteiger partial charge in [-0.2, -0.15) is 0 Å². The van der Waals surface area contributed by atoms with Crippen LogP contribution in [0.25, 0.3) is 0 Å². The van der Waals surface area contributed by atoms with Crippen LogP contribution in [0.1, 0.15) is 27.6 Å². The molecule has 0 unspecified atom stereocenters. The maximum Gasteiger partial charge on any atom is 0.338 e. The van der Waals surface area contributed by atoms with Crippen molar-refractivity contribution < 1.29 is 18.7 Å². The second-order valence-corrected chi connectivity index (χ2v) is 4.78. The van der Waals surface area contributed by atoms with E-state index in [0.29, 0.717) is 37.0 Å². The molecule has 1 aromatic heterocycles. The molecule has 2 heterocycles. The van der Waals surface area contributed by atoms with Gasteiger partial charge in [0.1, 0.15) is 12.4 Å². The molecule has 0 fully saturated rings. The van der Waals surface area contributed by atoms with E-state index in [0.717, 1.165) is 0 Å². The van der Waals surface area contributed by atoms with Gasteiger partial charge in [0.25, 0.3) is 0 Å². The molecule has 21 heavy (non-hydrogen) atoms. The molecular formula is C14H14FN3O3. The fourth-order valence-electron chi connectivity index (χ4n) is 2.10. The van der Waals surface area contributed by atoms with Crippen LogP contribution < -0.4 is 0 Å². The first-order valence-electron chi connectivity index (χ1n) is 6.57. The summed E-state index contributed by atoms with van der Waals surface area (Å²) in [6.45, 7) is 3.25. The van der Waals surface area contributed by atoms with Crippen molar-refractivity contribution in [2.24, 2.45) is 0 Å². The van der Waals surface area contributed by atoms with E-state index in [1.807, 2.05) is 4.57 Å². The highest BCUT2D eigenvalue weighted by Crippen LogP contribution is 2.13. The van der Waals surface area contributed by atoms with Crippen molar-refractivity contribution in [1.82, 2.24) is 14.8 Å². The molecule has 3 rings (SSSR count). The van der Waals surface area contributed by atoms with Crippen LogP contribution in [0.3, 0.4) is 0 Å². The first-order valence-corrected chi connectivity index (χ1v) is 6.57. The second-order valence-electron chi connectivity index (χ2n) is 4.78. The largest absolute Gasteiger partial charge is 0.454 e. The number of aromatic nitrogens is 3. The highest BCUT2D eigenvalue weighted by atomic mass is 19.1. The molecule has 2 aromatic rings. The van der Waals surface area contributed by atoms with E-state index in [4.69, 9.17) is 9.47 Å². The Morgan fingerprint density at radius 3 is 3.14 bits per heavy atom. The molecule has 1 aromatic carbocycles. The quantitative estimate of drug-likeness (QED) is 0.804. The summed E-state index contributed by atoms with van der Waals surface area (Å²) in [5.41, 5.74) is 0.665. The molecule has 0 spiro atoms. The third kappa shape index (κ3) is 2.78. The van der Waals surface area contributed by atoms with Gasteiger partial charge in [-0.1, -0.05) is 6.07 Å². The monoisotopic (exact) mass is 291 g/mol. The topological polar surface area (TPSA) is 66.2 Å². The smallest absolute Gasteiger partial charge is 0.338 e. The molecule has 0 bridgehead atoms. The maximum atomic E-state index is 13.4. The molecule has 7 heteroatoms. The Balaban J connectivity index is 1.68. The van der Waals surface area contributed by atoms with Crippen LogP contribution in [-0.2, 0) is 29.2 Å². The summed E-state index contributed by atoms with van der Waals surface area (Å²) in [5, 5.41) is 7.95. The Kier molecular flexibility index (Phi) is 3.66. The highest BCUT2D eigenvalue weighted by molar-refractivity contribution is 5.89. The van der Waals surface area contributed by atoms with E-state index in [9.17, 15) is 9.18 Å². The molecule has 0 radical (unpaired) electrons. The summed E-state index contributed by atoms with van der Waals surface area (Å²) >= 11 is 0. The molecule has 6 nitrogen and oxygen atoms in total. The average molecular weight is 291 g/mol. The predicted octanol–water partition coefficient (Wildman–Crippen LogP) is 1.61. The zero-order valence-corrected chi connectivity index (χ0v) is 11.5. The van der Waals surface area contributed by atoms with Gasteiger partial charge in [-0.05, 0) is 24.6 Å². The van der Waals surface area contributed by atoms with E-state index < -0.39 is 11.8 Å². The number of rotatable bonds is 3. The van der Waals surface area contributed by atoms with E-state index in [2.05, 4.69) is 10.2 Å². The Hall–Kier alpha value is -2.28. The van der Waals surface area contributed by atoms with Crippen molar-refractivity contribution in [3.63, 3.8) is 0 Å². The Morgan fingerprint density at radius 2 is 2.33 bits per heavy atom. The maximum absolute atomic E-state index is 13.4. The van der Waals surface area contributed by atoms with Crippen molar-refractivity contribution in [3.8, 4) is 0 Å². The number of benzene rings is 1. The number of ether oxygens (including phenoxy) is 2. The van der Waals surface area contributed by atoms with Crippen LogP contribution in [-0.4, -0.2) is 27.3 Å². The number of carbonyl (C=O) groups excluding carboxylic acids is 1. The fourth-order valence-corrected chi connectivity index (χ4v) is 2.10. The molecule has 110 valence electrons. The van der Waals surface area contributed by atoms with Gasteiger partial charge in [0, 0.05) is 6.54 Å². The van der Waals surface area contributed by atoms with Crippen LogP contribution in [0.4, 0.5) is 4.39 Å². The number of aryl methyl sites for hydroxylation is 1. The zero-order valence-electron chi connectivity index (χ0n) is 11.5. The lowest BCUT2D eigenvalue weighted by molar-refractivity contribution is 0.0442. The third-order valence-corrected chi connectivity index (χ3v) is 3.33. The normalized spacial score (nSPS) is 13.8. The number of carbonyl (C=O) groups is 1. The molecule has 0 saturated heterocycles. The summed E-state index contributed by atoms with van der Waals surface area (Å²) < 4.78 is 25.7. The number of fused-ring (bicyclic) bond motifs is 1. The Labute approximate surface area is 120 Å². The minimum atomic E-state index is -0.585. The molecule has 1 aliphatic heterocycles. The first kappa shape index (κ1) is 13.7. The van der Waals surface area contributed by atoms with Gasteiger partial charge in [0.05, 0.1) is 12.2 Å². The number of nitrogens with zero attached hydrogens (tertiary/aromatic N) is 3. The summed E-state index contributed by atoms with van der Waals surface area (Å²) in [6, 6.07) is 4.25. The van der Waals surface area contributed by atoms with E-state index in [1.54, 1.807) is 13.0 Å². The van der Waals surface area contributed by atoms with Crippen molar-refractivity contribution in [2.45, 2.75) is 26.7 Å². The second kappa shape index (κ2) is 5.61. The van der Waals surface area contributed by atoms with E-state index >= 15 is 0 Å². The zero-order chi connectivity index (χ0) is 14.8. The van der Waals surface area contributed by atoms with Crippen molar-refractivity contribution >= 4 is 5.97 Å². The van der Waals surface area contributed by atoms with Crippen molar-refractivity contribution in [2.75, 3.05) is 6.61 Å². The lowest BCUT2D eigenvalue weighted by Crippen LogP contribution is -2.19. The molecular weight excluding hydrogens is 277 g/mol. The SMILES string of the molecule is Cc1ccc(C(=O)OCc2nnc3n2CCOC3)cc1F. The van der Waals surface area contributed by atoms with Gasteiger partial charge in [-0.25, -0.2) is 9.18 Å². The van der Waals surface area contributed by atoms with Crippen molar-refractivity contribution in [1.29, 1.82) is 0 Å². The Morgan fingerprint density at radius 1 is 1.48 bits per heavy atom. The van der Waals surface area contributed by atoms with Crippen LogP contribution in [0.2, 0.25) is 0 Å². The summed E-state index contributed by atoms with van der Waals surface area (Å²) in [6.07, 6.45) is 0. The van der Waals surface area contributed by atoms with Crippen LogP contribution in [0.5, 0.6) is 0 Å². The molecule has 0 amide bonds. The van der Waals surface area contributed by atoms with E-state index in [1.165, 1.54) is 12.1 Å². The average Bonchev–Trinajstić information content (AvgIpc) is 2.91. The highest BCUT2D eigenvalue weighted by Gasteiger charge is 2.18. The molecule has 0 N–H and O–H groups in total.